The first-order valence-corrected chi connectivity index (χ1v) is 11.7. The number of nitrogens with one attached hydrogen (secondary N) is 4. The number of carbonyl (C=O) groups excluding carboxylic acids is 3. The van der Waals surface area contributed by atoms with E-state index in [-0.39, 0.29) is 40.2 Å². The number of hydrogen-bond donors (Lipinski definition) is 4. The van der Waals surface area contributed by atoms with Gasteiger partial charge in [0.2, 0.25) is 5.91 Å². The van der Waals surface area contributed by atoms with E-state index in [2.05, 4.69) is 25.9 Å². The summed E-state index contributed by atoms with van der Waals surface area (Å²) in [5.74, 6) is -0.902. The first kappa shape index (κ1) is 23.2. The van der Waals surface area contributed by atoms with Gasteiger partial charge < -0.3 is 20.9 Å². The van der Waals surface area contributed by atoms with Gasteiger partial charge in [-0.1, -0.05) is 24.4 Å². The molecule has 33 heavy (non-hydrogen) atoms. The molecule has 176 valence electrons. The Kier molecular flexibility index (Phi) is 7.27. The van der Waals surface area contributed by atoms with Crippen LogP contribution < -0.4 is 16.0 Å². The highest BCUT2D eigenvalue weighted by Gasteiger charge is 2.29. The number of rotatable bonds is 8. The fourth-order valence-electron chi connectivity index (χ4n) is 4.10. The lowest BCUT2D eigenvalue weighted by molar-refractivity contribution is -0.120. The zero-order chi connectivity index (χ0) is 23.4. The van der Waals surface area contributed by atoms with Crippen molar-refractivity contribution in [2.24, 2.45) is 11.8 Å². The van der Waals surface area contributed by atoms with E-state index in [1.807, 2.05) is 0 Å². The van der Waals surface area contributed by atoms with Gasteiger partial charge in [0.25, 0.3) is 11.8 Å². The molecule has 4 rings (SSSR count). The average Bonchev–Trinajstić information content (AvgIpc) is 3.48. The Morgan fingerprint density at radius 3 is 2.55 bits per heavy atom. The molecule has 0 aliphatic heterocycles. The van der Waals surface area contributed by atoms with E-state index in [1.54, 1.807) is 0 Å². The van der Waals surface area contributed by atoms with Crippen LogP contribution in [0.5, 0.6) is 0 Å². The second kappa shape index (κ2) is 10.3. The molecular weight excluding hydrogens is 449 g/mol. The fraction of sp³-hybridized carbons (Fsp3) is 0.478. The molecule has 2 aliphatic carbocycles. The van der Waals surface area contributed by atoms with E-state index in [0.717, 1.165) is 12.5 Å². The standard InChI is InChI=1S/C23H27ClFN5O3/c24-17-11-15(25)5-8-18(17)30-21(31)14-3-6-16(7-4-14)29-23(33)20-19(27-12-28-20)22(32)26-10-9-13-1-2-13/h5,8,11-14,16H,1-4,6-7,9-10H2,(H,26,32)(H,27,28)(H,29,33)(H,30,31). The van der Waals surface area contributed by atoms with Gasteiger partial charge in [-0.2, -0.15) is 0 Å². The summed E-state index contributed by atoms with van der Waals surface area (Å²) >= 11 is 5.98. The number of carbonyl (C=O) groups is 3. The minimum atomic E-state index is -0.468. The summed E-state index contributed by atoms with van der Waals surface area (Å²) in [6, 6.07) is 3.72. The first-order chi connectivity index (χ1) is 15.9. The molecule has 3 amide bonds. The highest BCUT2D eigenvalue weighted by Crippen LogP contribution is 2.31. The van der Waals surface area contributed by atoms with Crippen LogP contribution in [-0.4, -0.2) is 40.3 Å². The van der Waals surface area contributed by atoms with Crippen LogP contribution in [0.4, 0.5) is 10.1 Å². The van der Waals surface area contributed by atoms with Gasteiger partial charge in [0.15, 0.2) is 5.69 Å². The summed E-state index contributed by atoms with van der Waals surface area (Å²) < 4.78 is 13.2. The molecule has 0 radical (unpaired) electrons. The third kappa shape index (κ3) is 6.10. The molecule has 2 aromatic rings. The molecule has 0 saturated heterocycles. The molecule has 1 aromatic heterocycles. The lowest BCUT2D eigenvalue weighted by Gasteiger charge is -2.28. The minimum absolute atomic E-state index is 0.0738. The van der Waals surface area contributed by atoms with E-state index in [4.69, 9.17) is 11.6 Å². The molecule has 0 bridgehead atoms. The van der Waals surface area contributed by atoms with Crippen molar-refractivity contribution in [2.45, 2.75) is 51.0 Å². The number of benzene rings is 1. The summed E-state index contributed by atoms with van der Waals surface area (Å²) in [7, 11) is 0. The largest absolute Gasteiger partial charge is 0.351 e. The predicted molar refractivity (Wildman–Crippen MR) is 122 cm³/mol. The van der Waals surface area contributed by atoms with E-state index < -0.39 is 11.7 Å². The van der Waals surface area contributed by atoms with Crippen molar-refractivity contribution in [3.63, 3.8) is 0 Å². The maximum Gasteiger partial charge on any atom is 0.272 e. The van der Waals surface area contributed by atoms with Gasteiger partial charge in [0.05, 0.1) is 17.0 Å². The molecule has 0 unspecified atom stereocenters. The summed E-state index contributed by atoms with van der Waals surface area (Å²) in [4.78, 5) is 44.5. The smallest absolute Gasteiger partial charge is 0.272 e. The average molecular weight is 476 g/mol. The van der Waals surface area contributed by atoms with Crippen LogP contribution >= 0.6 is 11.6 Å². The van der Waals surface area contributed by atoms with Crippen molar-refractivity contribution in [3.05, 3.63) is 46.8 Å². The third-order valence-electron chi connectivity index (χ3n) is 6.24. The van der Waals surface area contributed by atoms with Crippen LogP contribution in [0, 0.1) is 17.7 Å². The molecule has 2 fully saturated rings. The summed E-state index contributed by atoms with van der Waals surface area (Å²) in [6.07, 6.45) is 7.14. The molecule has 1 heterocycles. The SMILES string of the molecule is O=C(NC1CCC(C(=O)Nc2ccc(F)cc2Cl)CC1)c1nc[nH]c1C(=O)NCCC1CC1. The number of H-pyrrole nitrogens is 1. The normalized spacial score (nSPS) is 20.2. The summed E-state index contributed by atoms with van der Waals surface area (Å²) in [6.45, 7) is 0.582. The first-order valence-electron chi connectivity index (χ1n) is 11.3. The number of imidazole rings is 1. The van der Waals surface area contributed by atoms with Gasteiger partial charge in [0.1, 0.15) is 11.5 Å². The number of anilines is 1. The van der Waals surface area contributed by atoms with Crippen LogP contribution in [0.25, 0.3) is 0 Å². The van der Waals surface area contributed by atoms with Gasteiger partial charge in [-0.25, -0.2) is 9.37 Å². The molecule has 1 aromatic carbocycles. The maximum atomic E-state index is 13.2. The van der Waals surface area contributed by atoms with Crippen molar-refractivity contribution in [2.75, 3.05) is 11.9 Å². The van der Waals surface area contributed by atoms with Gasteiger partial charge in [-0.3, -0.25) is 14.4 Å². The Labute approximate surface area is 196 Å². The maximum absolute atomic E-state index is 13.2. The van der Waals surface area contributed by atoms with Crippen molar-refractivity contribution < 1.29 is 18.8 Å². The minimum Gasteiger partial charge on any atom is -0.351 e. The topological polar surface area (TPSA) is 116 Å². The zero-order valence-corrected chi connectivity index (χ0v) is 18.9. The lowest BCUT2D eigenvalue weighted by Crippen LogP contribution is -2.40. The third-order valence-corrected chi connectivity index (χ3v) is 6.55. The monoisotopic (exact) mass is 475 g/mol. The molecule has 2 saturated carbocycles. The molecule has 8 nitrogen and oxygen atoms in total. The predicted octanol–water partition coefficient (Wildman–Crippen LogP) is 3.66. The summed E-state index contributed by atoms with van der Waals surface area (Å²) in [5, 5.41) is 8.66. The number of aromatic nitrogens is 2. The second-order valence-corrected chi connectivity index (χ2v) is 9.16. The van der Waals surface area contributed by atoms with Crippen molar-refractivity contribution in [1.29, 1.82) is 0 Å². The van der Waals surface area contributed by atoms with E-state index in [1.165, 1.54) is 31.3 Å². The Balaban J connectivity index is 1.25. The van der Waals surface area contributed by atoms with Crippen molar-refractivity contribution in [1.82, 2.24) is 20.6 Å². The molecule has 4 N–H and O–H groups in total. The van der Waals surface area contributed by atoms with E-state index in [0.29, 0.717) is 43.8 Å². The Morgan fingerprint density at radius 2 is 1.85 bits per heavy atom. The quantitative estimate of drug-likeness (QED) is 0.466. The highest BCUT2D eigenvalue weighted by molar-refractivity contribution is 6.33. The Hall–Kier alpha value is -2.94. The van der Waals surface area contributed by atoms with Crippen LogP contribution in [0.1, 0.15) is 65.9 Å². The van der Waals surface area contributed by atoms with Crippen LogP contribution in [0.15, 0.2) is 24.5 Å². The van der Waals surface area contributed by atoms with Crippen LogP contribution in [0.2, 0.25) is 5.02 Å². The number of amides is 3. The van der Waals surface area contributed by atoms with E-state index >= 15 is 0 Å². The number of nitrogens with zero attached hydrogens (tertiary/aromatic N) is 1. The zero-order valence-electron chi connectivity index (χ0n) is 18.1. The number of hydrogen-bond acceptors (Lipinski definition) is 4. The fourth-order valence-corrected chi connectivity index (χ4v) is 4.32. The van der Waals surface area contributed by atoms with Crippen molar-refractivity contribution >= 4 is 35.0 Å². The molecule has 10 heteroatoms. The molecule has 2 aliphatic rings. The van der Waals surface area contributed by atoms with Crippen LogP contribution in [-0.2, 0) is 4.79 Å². The Bertz CT molecular complexity index is 1030. The summed E-state index contributed by atoms with van der Waals surface area (Å²) in [5.41, 5.74) is 0.609. The molecule has 0 spiro atoms. The Morgan fingerprint density at radius 1 is 1.09 bits per heavy atom. The second-order valence-electron chi connectivity index (χ2n) is 8.75. The van der Waals surface area contributed by atoms with Gasteiger partial charge in [-0.15, -0.1) is 0 Å². The molecular formula is C23H27ClFN5O3. The lowest BCUT2D eigenvalue weighted by atomic mass is 9.85. The van der Waals surface area contributed by atoms with E-state index in [9.17, 15) is 18.8 Å². The van der Waals surface area contributed by atoms with Gasteiger partial charge in [0, 0.05) is 18.5 Å². The number of halogens is 2. The van der Waals surface area contributed by atoms with Crippen molar-refractivity contribution in [3.8, 4) is 0 Å². The van der Waals surface area contributed by atoms with Gasteiger partial charge in [-0.05, 0) is 56.2 Å². The molecule has 0 atom stereocenters. The van der Waals surface area contributed by atoms with Crippen LogP contribution in [0.3, 0.4) is 0 Å². The number of aromatic amines is 1. The van der Waals surface area contributed by atoms with Gasteiger partial charge >= 0.3 is 0 Å². The highest BCUT2D eigenvalue weighted by atomic mass is 35.5.